The van der Waals surface area contributed by atoms with Crippen molar-refractivity contribution in [2.45, 2.75) is 26.6 Å². The first-order valence-electron chi connectivity index (χ1n) is 10.9. The van der Waals surface area contributed by atoms with Gasteiger partial charge in [0, 0.05) is 41.7 Å². The quantitative estimate of drug-likeness (QED) is 0.360. The fourth-order valence-corrected chi connectivity index (χ4v) is 4.23. The molecule has 0 atom stereocenters. The summed E-state index contributed by atoms with van der Waals surface area (Å²) in [5.74, 6) is 0.108. The molecule has 176 valence electrons. The topological polar surface area (TPSA) is 72.7 Å². The molecular formula is C27H27FN2O4. The molecule has 0 unspecified atom stereocenters. The summed E-state index contributed by atoms with van der Waals surface area (Å²) in [6.45, 7) is 3.11. The molecule has 0 spiro atoms. The Hall–Kier alpha value is -3.84. The molecule has 4 rings (SSSR count). The van der Waals surface area contributed by atoms with Crippen molar-refractivity contribution in [1.29, 1.82) is 0 Å². The summed E-state index contributed by atoms with van der Waals surface area (Å²) in [6, 6.07) is 17.6. The number of hydrogen-bond donors (Lipinski definition) is 2. The first-order valence-corrected chi connectivity index (χ1v) is 10.9. The van der Waals surface area contributed by atoms with Crippen LogP contribution in [-0.4, -0.2) is 29.9 Å². The molecule has 0 aliphatic carbocycles. The molecular weight excluding hydrogens is 435 g/mol. The second-order valence-corrected chi connectivity index (χ2v) is 8.15. The minimum atomic E-state index is -1.01. The van der Waals surface area contributed by atoms with E-state index in [1.54, 1.807) is 30.9 Å². The summed E-state index contributed by atoms with van der Waals surface area (Å²) in [4.78, 5) is 12.4. The summed E-state index contributed by atoms with van der Waals surface area (Å²) in [6.07, 6.45) is 0. The highest BCUT2D eigenvalue weighted by molar-refractivity contribution is 5.98. The zero-order valence-electron chi connectivity index (χ0n) is 19.4. The molecule has 2 N–H and O–H groups in total. The van der Waals surface area contributed by atoms with Crippen LogP contribution in [0.1, 0.15) is 32.7 Å². The van der Waals surface area contributed by atoms with Crippen LogP contribution < -0.4 is 14.8 Å². The summed E-state index contributed by atoms with van der Waals surface area (Å²) in [5, 5.41) is 14.4. The average molecular weight is 463 g/mol. The molecule has 1 heterocycles. The molecule has 6 nitrogen and oxygen atoms in total. The van der Waals surface area contributed by atoms with E-state index in [-0.39, 0.29) is 11.5 Å². The van der Waals surface area contributed by atoms with Gasteiger partial charge >= 0.3 is 5.97 Å². The Labute approximate surface area is 197 Å². The Bertz CT molecular complexity index is 1330. The second-order valence-electron chi connectivity index (χ2n) is 8.15. The van der Waals surface area contributed by atoms with E-state index in [4.69, 9.17) is 9.47 Å². The highest BCUT2D eigenvalue weighted by Gasteiger charge is 2.22. The van der Waals surface area contributed by atoms with Crippen LogP contribution in [0.2, 0.25) is 0 Å². The Morgan fingerprint density at radius 2 is 1.76 bits per heavy atom. The van der Waals surface area contributed by atoms with E-state index in [2.05, 4.69) is 5.32 Å². The molecule has 7 heteroatoms. The summed E-state index contributed by atoms with van der Waals surface area (Å²) >= 11 is 0. The number of rotatable bonds is 9. The average Bonchev–Trinajstić information content (AvgIpc) is 3.13. The molecule has 0 radical (unpaired) electrons. The van der Waals surface area contributed by atoms with Crippen LogP contribution in [0.25, 0.3) is 10.9 Å². The van der Waals surface area contributed by atoms with Gasteiger partial charge in [0.15, 0.2) is 0 Å². The highest BCUT2D eigenvalue weighted by Crippen LogP contribution is 2.29. The zero-order chi connectivity index (χ0) is 24.2. The Morgan fingerprint density at radius 1 is 1.00 bits per heavy atom. The normalized spacial score (nSPS) is 11.1. The molecule has 1 aromatic heterocycles. The number of ether oxygens (including phenoxy) is 2. The number of aryl methyl sites for hydroxylation is 1. The SMILES string of the molecule is COc1ccc(OC)c(CNCc2c(C(=O)O)n(Cc3ccc(F)cc3)c3cc(C)ccc23)c1. The standard InChI is InChI=1S/C27H27FN2O4/c1-17-4-10-22-23(15-29-14-19-13-21(33-2)9-11-25(19)34-3)26(27(31)32)30(24(22)12-17)16-18-5-7-20(28)8-6-18/h4-13,29H,14-16H2,1-3H3,(H,31,32). The van der Waals surface area contributed by atoms with Gasteiger partial charge in [0.1, 0.15) is 23.0 Å². The summed E-state index contributed by atoms with van der Waals surface area (Å²) in [5.41, 5.74) is 4.51. The number of halogens is 1. The van der Waals surface area contributed by atoms with E-state index < -0.39 is 5.97 Å². The van der Waals surface area contributed by atoms with E-state index >= 15 is 0 Å². The van der Waals surface area contributed by atoms with Gasteiger partial charge in [-0.1, -0.05) is 24.3 Å². The molecule has 0 bridgehead atoms. The fourth-order valence-electron chi connectivity index (χ4n) is 4.23. The maximum Gasteiger partial charge on any atom is 0.352 e. The Morgan fingerprint density at radius 3 is 2.44 bits per heavy atom. The van der Waals surface area contributed by atoms with Gasteiger partial charge in [-0.25, -0.2) is 9.18 Å². The number of aromatic nitrogens is 1. The van der Waals surface area contributed by atoms with Crippen molar-refractivity contribution in [3.8, 4) is 11.5 Å². The lowest BCUT2D eigenvalue weighted by molar-refractivity contribution is 0.0684. The van der Waals surface area contributed by atoms with Crippen molar-refractivity contribution >= 4 is 16.9 Å². The number of hydrogen-bond acceptors (Lipinski definition) is 4. The first kappa shape index (κ1) is 23.3. The molecule has 4 aromatic rings. The monoisotopic (exact) mass is 462 g/mol. The van der Waals surface area contributed by atoms with Crippen molar-refractivity contribution < 1.29 is 23.8 Å². The molecule has 0 aliphatic heterocycles. The van der Waals surface area contributed by atoms with Gasteiger partial charge in [-0.05, 0) is 54.4 Å². The van der Waals surface area contributed by atoms with Crippen LogP contribution in [0.5, 0.6) is 11.5 Å². The number of nitrogens with zero attached hydrogens (tertiary/aromatic N) is 1. The molecule has 3 aromatic carbocycles. The van der Waals surface area contributed by atoms with Crippen molar-refractivity contribution in [2.75, 3.05) is 14.2 Å². The molecule has 0 fully saturated rings. The van der Waals surface area contributed by atoms with Crippen LogP contribution in [-0.2, 0) is 19.6 Å². The molecule has 0 saturated carbocycles. The number of nitrogens with one attached hydrogen (secondary N) is 1. The van der Waals surface area contributed by atoms with Crippen LogP contribution in [0, 0.1) is 12.7 Å². The maximum absolute atomic E-state index is 13.4. The smallest absolute Gasteiger partial charge is 0.352 e. The lowest BCUT2D eigenvalue weighted by Gasteiger charge is -2.12. The molecule has 0 saturated heterocycles. The molecule has 0 aliphatic rings. The van der Waals surface area contributed by atoms with E-state index in [1.165, 1.54) is 12.1 Å². The number of carboxylic acids is 1. The van der Waals surface area contributed by atoms with Crippen LogP contribution in [0.4, 0.5) is 4.39 Å². The van der Waals surface area contributed by atoms with Crippen molar-refractivity contribution in [2.24, 2.45) is 0 Å². The molecule has 0 amide bonds. The van der Waals surface area contributed by atoms with E-state index in [1.807, 2.05) is 43.3 Å². The number of fused-ring (bicyclic) bond motifs is 1. The Balaban J connectivity index is 1.70. The number of aromatic carboxylic acids is 1. The summed E-state index contributed by atoms with van der Waals surface area (Å²) in [7, 11) is 3.22. The van der Waals surface area contributed by atoms with Gasteiger partial charge in [0.25, 0.3) is 0 Å². The van der Waals surface area contributed by atoms with Gasteiger partial charge in [-0.15, -0.1) is 0 Å². The third kappa shape index (κ3) is 4.75. The van der Waals surface area contributed by atoms with E-state index in [0.717, 1.165) is 39.1 Å². The van der Waals surface area contributed by atoms with Crippen molar-refractivity contribution in [1.82, 2.24) is 9.88 Å². The molecule has 34 heavy (non-hydrogen) atoms. The van der Waals surface area contributed by atoms with Gasteiger partial charge in [-0.3, -0.25) is 0 Å². The van der Waals surface area contributed by atoms with Crippen LogP contribution in [0.3, 0.4) is 0 Å². The van der Waals surface area contributed by atoms with E-state index in [0.29, 0.717) is 25.2 Å². The third-order valence-corrected chi connectivity index (χ3v) is 5.89. The van der Waals surface area contributed by atoms with Gasteiger partial charge < -0.3 is 24.5 Å². The number of carbonyl (C=O) groups is 1. The lowest BCUT2D eigenvalue weighted by atomic mass is 10.1. The zero-order valence-corrected chi connectivity index (χ0v) is 19.4. The van der Waals surface area contributed by atoms with Gasteiger partial charge in [-0.2, -0.15) is 0 Å². The fraction of sp³-hybridized carbons (Fsp3) is 0.222. The van der Waals surface area contributed by atoms with Crippen LogP contribution in [0.15, 0.2) is 60.7 Å². The van der Waals surface area contributed by atoms with Crippen molar-refractivity contribution in [3.05, 3.63) is 94.4 Å². The second kappa shape index (κ2) is 9.97. The largest absolute Gasteiger partial charge is 0.497 e. The number of methoxy groups -OCH3 is 2. The number of carboxylic acid groups (broad SMARTS) is 1. The summed E-state index contributed by atoms with van der Waals surface area (Å²) < 4.78 is 26.0. The van der Waals surface area contributed by atoms with Gasteiger partial charge in [0.2, 0.25) is 0 Å². The predicted molar refractivity (Wildman–Crippen MR) is 129 cm³/mol. The lowest BCUT2D eigenvalue weighted by Crippen LogP contribution is -2.17. The first-order chi connectivity index (χ1) is 16.4. The third-order valence-electron chi connectivity index (χ3n) is 5.89. The minimum Gasteiger partial charge on any atom is -0.497 e. The van der Waals surface area contributed by atoms with E-state index in [9.17, 15) is 14.3 Å². The highest BCUT2D eigenvalue weighted by atomic mass is 19.1. The predicted octanol–water partition coefficient (Wildman–Crippen LogP) is 5.14. The van der Waals surface area contributed by atoms with Crippen molar-refractivity contribution in [3.63, 3.8) is 0 Å². The maximum atomic E-state index is 13.4. The Kier molecular flexibility index (Phi) is 6.84. The van der Waals surface area contributed by atoms with Gasteiger partial charge in [0.05, 0.1) is 14.2 Å². The van der Waals surface area contributed by atoms with Crippen LogP contribution >= 0.6 is 0 Å². The number of benzene rings is 3. The minimum absolute atomic E-state index is 0.218.